The van der Waals surface area contributed by atoms with E-state index in [1.807, 2.05) is 0 Å². The molecule has 0 rings (SSSR count). The van der Waals surface area contributed by atoms with Crippen LogP contribution in [0.2, 0.25) is 0 Å². The Hall–Kier alpha value is 0.997. The van der Waals surface area contributed by atoms with E-state index in [0.29, 0.717) is 0 Å². The second kappa shape index (κ2) is 80.3. The summed E-state index contributed by atoms with van der Waals surface area (Å²) >= 11 is 0. The summed E-state index contributed by atoms with van der Waals surface area (Å²) in [5.41, 5.74) is 0. The summed E-state index contributed by atoms with van der Waals surface area (Å²) in [4.78, 5) is 0. The average molecular weight is 122 g/mol. The molecule has 0 aromatic heterocycles. The maximum Gasteiger partial charge on any atom is 2.00 e. The topological polar surface area (TPSA) is 90.0 Å². The van der Waals surface area contributed by atoms with Crippen LogP contribution < -0.4 is 18.9 Å². The van der Waals surface area contributed by atoms with Crippen molar-refractivity contribution in [1.29, 1.82) is 0 Å². The molecule has 0 fully saturated rings. The van der Waals surface area contributed by atoms with Crippen LogP contribution in [-0.2, 0) is 17.1 Å². The quantitative estimate of drug-likeness (QED) is 0.311. The minimum atomic E-state index is 0. The van der Waals surface area contributed by atoms with Crippen molar-refractivity contribution in [2.45, 2.75) is 0 Å². The van der Waals surface area contributed by atoms with Crippen LogP contribution in [0.1, 0.15) is 0 Å². The Bertz CT molecular complexity index is 6.85. The summed E-state index contributed by atoms with van der Waals surface area (Å²) in [6, 6.07) is 0. The molecule has 0 saturated heterocycles. The maximum absolute atomic E-state index is 0. The molecule has 5 heteroatoms. The van der Waals surface area contributed by atoms with E-state index in [1.54, 1.807) is 0 Å². The molecule has 0 aliphatic carbocycles. The number of hydrogen-bond acceptors (Lipinski definition) is 3. The van der Waals surface area contributed by atoms with Crippen LogP contribution in [-0.4, -0.2) is 16.4 Å². The minimum Gasteiger partial charge on any atom is -0.870 e. The van der Waals surface area contributed by atoms with Crippen LogP contribution in [0.3, 0.4) is 0 Å². The van der Waals surface area contributed by atoms with Gasteiger partial charge in [-0.05, 0) is 0 Å². The zero-order chi connectivity index (χ0) is 0. The smallest absolute Gasteiger partial charge is 0.870 e. The van der Waals surface area contributed by atoms with Crippen molar-refractivity contribution in [3.63, 3.8) is 0 Å². The molecule has 0 heterocycles. The Morgan fingerprint density at radius 3 is 0.600 bits per heavy atom. The van der Waals surface area contributed by atoms with Gasteiger partial charge in [0.2, 0.25) is 0 Å². The Morgan fingerprint density at radius 1 is 0.600 bits per heavy atom. The fourth-order valence-corrected chi connectivity index (χ4v) is 0. The van der Waals surface area contributed by atoms with Crippen molar-refractivity contribution in [3.8, 4) is 0 Å². The molecule has 0 aliphatic heterocycles. The van der Waals surface area contributed by atoms with Crippen molar-refractivity contribution in [3.05, 3.63) is 0 Å². The second-order valence-corrected chi connectivity index (χ2v) is 0. The molecule has 0 atom stereocenters. The maximum atomic E-state index is 0. The molecule has 1 radical (unpaired) electrons. The molecule has 0 saturated carbocycles. The molecular weight excluding hydrogens is 118 g/mol. The molecule has 3 nitrogen and oxygen atoms in total. The van der Waals surface area contributed by atoms with Gasteiger partial charge in [0.1, 0.15) is 0 Å². The molecule has 0 unspecified atom stereocenters. The fraction of sp³-hybridized carbons (Fsp3) is 0. The van der Waals surface area contributed by atoms with E-state index >= 15 is 0 Å². The summed E-state index contributed by atoms with van der Waals surface area (Å²) in [7, 11) is 0. The van der Waals surface area contributed by atoms with Gasteiger partial charge in [-0.3, -0.25) is 0 Å². The van der Waals surface area contributed by atoms with Gasteiger partial charge in [-0.15, -0.1) is 0 Å². The predicted molar refractivity (Wildman–Crippen MR) is 5.81 cm³/mol. The van der Waals surface area contributed by atoms with Gasteiger partial charge in [0, 0.05) is 0 Å². The molecule has 0 amide bonds. The third-order valence-electron chi connectivity index (χ3n) is 0. The van der Waals surface area contributed by atoms with Crippen LogP contribution in [0.15, 0.2) is 0 Å². The normalized spacial score (nSPS) is 0. The van der Waals surface area contributed by atoms with Crippen molar-refractivity contribution in [1.82, 2.24) is 0 Å². The van der Waals surface area contributed by atoms with Crippen LogP contribution in [0.25, 0.3) is 0 Å². The Labute approximate surface area is 52.7 Å². The zero-order valence-corrected chi connectivity index (χ0v) is 3.58. The molecule has 3 N–H and O–H groups in total. The van der Waals surface area contributed by atoms with E-state index < -0.39 is 0 Å². The largest absolute Gasteiger partial charge is 2.00 e. The second-order valence-electron chi connectivity index (χ2n) is 0. The zero-order valence-electron chi connectivity index (χ0n) is 2.64. The van der Waals surface area contributed by atoms with Crippen molar-refractivity contribution in [2.75, 3.05) is 0 Å². The van der Waals surface area contributed by atoms with Gasteiger partial charge in [-0.1, -0.05) is 0 Å². The molecule has 0 bridgehead atoms. The van der Waals surface area contributed by atoms with Crippen molar-refractivity contribution < 1.29 is 52.4 Å². The number of hydrogen-bond donors (Lipinski definition) is 0. The van der Waals surface area contributed by atoms with Gasteiger partial charge in [-0.2, -0.15) is 0 Å². The van der Waals surface area contributed by atoms with E-state index in [2.05, 4.69) is 0 Å². The molecule has 0 aromatic rings. The first kappa shape index (κ1) is 151. The SMILES string of the molecule is [Cu+2].[Li+].[OH-].[OH-].[OH-]. The fourth-order valence-electron chi connectivity index (χ4n) is 0. The first-order valence-corrected chi connectivity index (χ1v) is 0. The van der Waals surface area contributed by atoms with E-state index in [1.165, 1.54) is 0 Å². The van der Waals surface area contributed by atoms with Gasteiger partial charge >= 0.3 is 35.9 Å². The summed E-state index contributed by atoms with van der Waals surface area (Å²) in [6.07, 6.45) is 0. The van der Waals surface area contributed by atoms with Crippen molar-refractivity contribution in [2.24, 2.45) is 0 Å². The third kappa shape index (κ3) is 45.2. The molecular formula is H3CuLiO3. The average Bonchev–Trinajstić information content (AvgIpc) is 0. The van der Waals surface area contributed by atoms with E-state index in [-0.39, 0.29) is 52.4 Å². The molecule has 0 aromatic carbocycles. The van der Waals surface area contributed by atoms with Gasteiger partial charge in [0.15, 0.2) is 0 Å². The van der Waals surface area contributed by atoms with E-state index in [0.717, 1.165) is 0 Å². The van der Waals surface area contributed by atoms with Gasteiger partial charge in [-0.25, -0.2) is 0 Å². The number of rotatable bonds is 0. The molecule has 0 spiro atoms. The van der Waals surface area contributed by atoms with E-state index in [9.17, 15) is 0 Å². The van der Waals surface area contributed by atoms with Gasteiger partial charge in [0.25, 0.3) is 0 Å². The first-order valence-electron chi connectivity index (χ1n) is 0. The summed E-state index contributed by atoms with van der Waals surface area (Å²) in [5.74, 6) is 0. The Balaban J connectivity index is 0. The first-order chi connectivity index (χ1) is 0. The molecule has 0 aliphatic rings. The van der Waals surface area contributed by atoms with Crippen LogP contribution in [0.5, 0.6) is 0 Å². The summed E-state index contributed by atoms with van der Waals surface area (Å²) in [6.45, 7) is 0. The predicted octanol–water partition coefficient (Wildman–Crippen LogP) is -3.53. The van der Waals surface area contributed by atoms with Crippen LogP contribution >= 0.6 is 0 Å². The third-order valence-corrected chi connectivity index (χ3v) is 0. The summed E-state index contributed by atoms with van der Waals surface area (Å²) < 4.78 is 0. The monoisotopic (exact) mass is 121 g/mol. The van der Waals surface area contributed by atoms with Gasteiger partial charge < -0.3 is 16.4 Å². The van der Waals surface area contributed by atoms with Crippen LogP contribution in [0, 0.1) is 0 Å². The Kier molecular flexibility index (Phi) is 2420. The molecule has 33 valence electrons. The van der Waals surface area contributed by atoms with E-state index in [4.69, 9.17) is 0 Å². The Morgan fingerprint density at radius 2 is 0.600 bits per heavy atom. The van der Waals surface area contributed by atoms with Crippen LogP contribution in [0.4, 0.5) is 0 Å². The summed E-state index contributed by atoms with van der Waals surface area (Å²) in [5, 5.41) is 0. The van der Waals surface area contributed by atoms with Crippen molar-refractivity contribution >= 4 is 0 Å². The standard InChI is InChI=1S/Cu.Li.3H2O/h;;3*1H2/q+2;+1;;;/p-3. The minimum absolute atomic E-state index is 0. The van der Waals surface area contributed by atoms with Gasteiger partial charge in [0.05, 0.1) is 0 Å². The molecule has 5 heavy (non-hydrogen) atoms.